The molecule has 4 heteroatoms. The second-order valence-corrected chi connectivity index (χ2v) is 2.89. The summed E-state index contributed by atoms with van der Waals surface area (Å²) >= 11 is 0. The Labute approximate surface area is 77.9 Å². The molecule has 4 nitrogen and oxygen atoms in total. The van der Waals surface area contributed by atoms with Crippen LogP contribution in [0.3, 0.4) is 0 Å². The van der Waals surface area contributed by atoms with Crippen LogP contribution in [0.1, 0.15) is 29.9 Å². The molecule has 0 bridgehead atoms. The fourth-order valence-corrected chi connectivity index (χ4v) is 1.25. The Hall–Kier alpha value is -1.32. The number of amides is 1. The Morgan fingerprint density at radius 3 is 2.54 bits per heavy atom. The Morgan fingerprint density at radius 2 is 2.15 bits per heavy atom. The van der Waals surface area contributed by atoms with Crippen LogP contribution >= 0.6 is 0 Å². The third kappa shape index (κ3) is 1.88. The molecule has 13 heavy (non-hydrogen) atoms. The van der Waals surface area contributed by atoms with Gasteiger partial charge in [-0.1, -0.05) is 0 Å². The maximum absolute atomic E-state index is 11.8. The van der Waals surface area contributed by atoms with E-state index in [9.17, 15) is 4.79 Å². The summed E-state index contributed by atoms with van der Waals surface area (Å²) in [6.07, 6.45) is 1.58. The Balaban J connectivity index is 2.84. The van der Waals surface area contributed by atoms with Crippen LogP contribution in [0, 0.1) is 6.92 Å². The molecule has 1 amide bonds. The summed E-state index contributed by atoms with van der Waals surface area (Å²) in [5, 5.41) is 6.58. The molecule has 0 saturated heterocycles. The molecule has 0 aromatic carbocycles. The SMILES string of the molecule is CCN(CC)C(=O)c1cn[nH]c1C. The van der Waals surface area contributed by atoms with E-state index in [4.69, 9.17) is 0 Å². The molecular formula is C9H15N3O. The summed E-state index contributed by atoms with van der Waals surface area (Å²) < 4.78 is 0. The average Bonchev–Trinajstić information content (AvgIpc) is 2.53. The molecule has 0 unspecified atom stereocenters. The molecule has 0 spiro atoms. The predicted octanol–water partition coefficient (Wildman–Crippen LogP) is 1.20. The molecule has 1 rings (SSSR count). The van der Waals surface area contributed by atoms with E-state index in [1.807, 2.05) is 20.8 Å². The highest BCUT2D eigenvalue weighted by atomic mass is 16.2. The summed E-state index contributed by atoms with van der Waals surface area (Å²) in [6, 6.07) is 0. The van der Waals surface area contributed by atoms with E-state index in [2.05, 4.69) is 10.2 Å². The van der Waals surface area contributed by atoms with Crippen molar-refractivity contribution in [2.75, 3.05) is 13.1 Å². The highest BCUT2D eigenvalue weighted by Gasteiger charge is 2.15. The van der Waals surface area contributed by atoms with Crippen molar-refractivity contribution in [2.24, 2.45) is 0 Å². The van der Waals surface area contributed by atoms with E-state index in [0.717, 1.165) is 18.8 Å². The lowest BCUT2D eigenvalue weighted by Crippen LogP contribution is -2.30. The number of H-pyrrole nitrogens is 1. The Morgan fingerprint density at radius 1 is 1.54 bits per heavy atom. The van der Waals surface area contributed by atoms with Crippen LogP contribution in [0.25, 0.3) is 0 Å². The monoisotopic (exact) mass is 181 g/mol. The van der Waals surface area contributed by atoms with Crippen molar-refractivity contribution in [3.05, 3.63) is 17.5 Å². The van der Waals surface area contributed by atoms with Crippen LogP contribution in [0.5, 0.6) is 0 Å². The number of carbonyl (C=O) groups is 1. The lowest BCUT2D eigenvalue weighted by molar-refractivity contribution is 0.0772. The summed E-state index contributed by atoms with van der Waals surface area (Å²) in [5.74, 6) is 0.0521. The lowest BCUT2D eigenvalue weighted by atomic mass is 10.2. The highest BCUT2D eigenvalue weighted by molar-refractivity contribution is 5.94. The van der Waals surface area contributed by atoms with Gasteiger partial charge in [-0.25, -0.2) is 0 Å². The van der Waals surface area contributed by atoms with Crippen LogP contribution < -0.4 is 0 Å². The number of aromatic nitrogens is 2. The fourth-order valence-electron chi connectivity index (χ4n) is 1.25. The van der Waals surface area contributed by atoms with E-state index in [1.165, 1.54) is 0 Å². The number of aromatic amines is 1. The highest BCUT2D eigenvalue weighted by Crippen LogP contribution is 2.06. The van der Waals surface area contributed by atoms with Gasteiger partial charge >= 0.3 is 0 Å². The predicted molar refractivity (Wildman–Crippen MR) is 50.6 cm³/mol. The molecule has 0 fully saturated rings. The molecular weight excluding hydrogens is 166 g/mol. The number of hydrogen-bond donors (Lipinski definition) is 1. The maximum Gasteiger partial charge on any atom is 0.257 e. The average molecular weight is 181 g/mol. The third-order valence-corrected chi connectivity index (χ3v) is 2.11. The molecule has 0 aliphatic carbocycles. The van der Waals surface area contributed by atoms with Crippen molar-refractivity contribution in [1.29, 1.82) is 0 Å². The minimum Gasteiger partial charge on any atom is -0.339 e. The van der Waals surface area contributed by atoms with Gasteiger partial charge in [-0.05, 0) is 20.8 Å². The maximum atomic E-state index is 11.8. The summed E-state index contributed by atoms with van der Waals surface area (Å²) in [4.78, 5) is 13.5. The first-order valence-electron chi connectivity index (χ1n) is 4.49. The molecule has 1 N–H and O–H groups in total. The van der Waals surface area contributed by atoms with E-state index in [1.54, 1.807) is 11.1 Å². The minimum absolute atomic E-state index is 0.0521. The van der Waals surface area contributed by atoms with Crippen molar-refractivity contribution < 1.29 is 4.79 Å². The van der Waals surface area contributed by atoms with Gasteiger partial charge in [-0.15, -0.1) is 0 Å². The van der Waals surface area contributed by atoms with Crippen LogP contribution in [0.15, 0.2) is 6.20 Å². The van der Waals surface area contributed by atoms with Crippen molar-refractivity contribution in [3.8, 4) is 0 Å². The van der Waals surface area contributed by atoms with Crippen molar-refractivity contribution in [1.82, 2.24) is 15.1 Å². The molecule has 72 valence electrons. The summed E-state index contributed by atoms with van der Waals surface area (Å²) in [5.41, 5.74) is 1.50. The first-order chi connectivity index (χ1) is 6.20. The molecule has 1 aromatic rings. The standard InChI is InChI=1S/C9H15N3O/c1-4-12(5-2)9(13)8-6-10-11-7(8)3/h6H,4-5H2,1-3H3,(H,10,11). The van der Waals surface area contributed by atoms with Gasteiger partial charge in [0, 0.05) is 18.8 Å². The van der Waals surface area contributed by atoms with Crippen LogP contribution in [0.4, 0.5) is 0 Å². The zero-order valence-electron chi connectivity index (χ0n) is 8.29. The second-order valence-electron chi connectivity index (χ2n) is 2.89. The molecule has 0 aliphatic heterocycles. The van der Waals surface area contributed by atoms with Crippen molar-refractivity contribution in [3.63, 3.8) is 0 Å². The van der Waals surface area contributed by atoms with E-state index >= 15 is 0 Å². The summed E-state index contributed by atoms with van der Waals surface area (Å²) in [7, 11) is 0. The van der Waals surface area contributed by atoms with Gasteiger partial charge in [0.25, 0.3) is 5.91 Å². The third-order valence-electron chi connectivity index (χ3n) is 2.11. The normalized spacial score (nSPS) is 10.1. The van der Waals surface area contributed by atoms with E-state index in [-0.39, 0.29) is 5.91 Å². The van der Waals surface area contributed by atoms with E-state index < -0.39 is 0 Å². The number of aryl methyl sites for hydroxylation is 1. The van der Waals surface area contributed by atoms with Gasteiger partial charge < -0.3 is 4.90 Å². The van der Waals surface area contributed by atoms with Crippen LogP contribution in [-0.2, 0) is 0 Å². The molecule has 1 aromatic heterocycles. The minimum atomic E-state index is 0.0521. The molecule has 1 heterocycles. The van der Waals surface area contributed by atoms with Gasteiger partial charge in [0.1, 0.15) is 0 Å². The molecule has 0 atom stereocenters. The largest absolute Gasteiger partial charge is 0.339 e. The van der Waals surface area contributed by atoms with E-state index in [0.29, 0.717) is 5.56 Å². The number of nitrogens with one attached hydrogen (secondary N) is 1. The fraction of sp³-hybridized carbons (Fsp3) is 0.556. The molecule has 0 saturated carbocycles. The molecule has 0 aliphatic rings. The Bertz CT molecular complexity index is 289. The first-order valence-corrected chi connectivity index (χ1v) is 4.49. The second kappa shape index (κ2) is 4.07. The number of carbonyl (C=O) groups excluding carboxylic acids is 1. The number of nitrogens with zero attached hydrogens (tertiary/aromatic N) is 2. The van der Waals surface area contributed by atoms with Crippen molar-refractivity contribution >= 4 is 5.91 Å². The van der Waals surface area contributed by atoms with Gasteiger partial charge in [-0.3, -0.25) is 9.89 Å². The lowest BCUT2D eigenvalue weighted by Gasteiger charge is -2.17. The van der Waals surface area contributed by atoms with Crippen molar-refractivity contribution in [2.45, 2.75) is 20.8 Å². The zero-order valence-corrected chi connectivity index (χ0v) is 8.29. The smallest absolute Gasteiger partial charge is 0.257 e. The Kier molecular flexibility index (Phi) is 3.06. The van der Waals surface area contributed by atoms with Gasteiger partial charge in [0.15, 0.2) is 0 Å². The quantitative estimate of drug-likeness (QED) is 0.761. The molecule has 0 radical (unpaired) electrons. The first kappa shape index (κ1) is 9.77. The van der Waals surface area contributed by atoms with Gasteiger partial charge in [0.2, 0.25) is 0 Å². The topological polar surface area (TPSA) is 49.0 Å². The number of rotatable bonds is 3. The number of hydrogen-bond acceptors (Lipinski definition) is 2. The van der Waals surface area contributed by atoms with Gasteiger partial charge in [0.05, 0.1) is 11.8 Å². The van der Waals surface area contributed by atoms with Crippen LogP contribution in [-0.4, -0.2) is 34.1 Å². The summed E-state index contributed by atoms with van der Waals surface area (Å²) in [6.45, 7) is 7.26. The zero-order chi connectivity index (χ0) is 9.84. The van der Waals surface area contributed by atoms with Gasteiger partial charge in [-0.2, -0.15) is 5.10 Å². The van der Waals surface area contributed by atoms with Crippen LogP contribution in [0.2, 0.25) is 0 Å².